The third kappa shape index (κ3) is 2.94. The molecule has 0 unspecified atom stereocenters. The summed E-state index contributed by atoms with van der Waals surface area (Å²) in [4.78, 5) is 6.26. The van der Waals surface area contributed by atoms with Gasteiger partial charge in [-0.1, -0.05) is 0 Å². The Labute approximate surface area is 104 Å². The van der Waals surface area contributed by atoms with Crippen molar-refractivity contribution in [3.8, 4) is 5.75 Å². The van der Waals surface area contributed by atoms with E-state index >= 15 is 0 Å². The standard InChI is InChI=1S/C10H15N5OS/c1-4-15-6-8(5-11-15)16-7-9-12-10(14(2)3)17-13-9/h5-6H,4,7H2,1-3H3. The second-order valence-corrected chi connectivity index (χ2v) is 4.44. The summed E-state index contributed by atoms with van der Waals surface area (Å²) < 4.78 is 11.6. The van der Waals surface area contributed by atoms with Gasteiger partial charge in [0, 0.05) is 32.2 Å². The minimum Gasteiger partial charge on any atom is -0.482 e. The van der Waals surface area contributed by atoms with Crippen LogP contribution in [0.2, 0.25) is 0 Å². The number of nitrogens with zero attached hydrogens (tertiary/aromatic N) is 5. The highest BCUT2D eigenvalue weighted by Crippen LogP contribution is 2.15. The molecule has 2 aromatic rings. The van der Waals surface area contributed by atoms with Gasteiger partial charge in [-0.05, 0) is 6.92 Å². The van der Waals surface area contributed by atoms with E-state index in [1.54, 1.807) is 6.20 Å². The van der Waals surface area contributed by atoms with E-state index < -0.39 is 0 Å². The second-order valence-electron chi connectivity index (χ2n) is 3.71. The van der Waals surface area contributed by atoms with Gasteiger partial charge in [0.2, 0.25) is 5.13 Å². The van der Waals surface area contributed by atoms with Crippen LogP contribution in [0.5, 0.6) is 5.75 Å². The second kappa shape index (κ2) is 5.13. The number of ether oxygens (including phenoxy) is 1. The smallest absolute Gasteiger partial charge is 0.204 e. The summed E-state index contributed by atoms with van der Waals surface area (Å²) >= 11 is 1.37. The topological polar surface area (TPSA) is 56.1 Å². The van der Waals surface area contributed by atoms with Gasteiger partial charge in [0.1, 0.15) is 6.61 Å². The molecule has 0 spiro atoms. The predicted molar refractivity (Wildman–Crippen MR) is 66.5 cm³/mol. The number of anilines is 1. The molecule has 2 aromatic heterocycles. The van der Waals surface area contributed by atoms with Gasteiger partial charge >= 0.3 is 0 Å². The Kier molecular flexibility index (Phi) is 3.58. The van der Waals surface area contributed by atoms with Crippen LogP contribution in [0.15, 0.2) is 12.4 Å². The van der Waals surface area contributed by atoms with Crippen LogP contribution in [0.3, 0.4) is 0 Å². The van der Waals surface area contributed by atoms with Gasteiger partial charge < -0.3 is 9.64 Å². The zero-order valence-corrected chi connectivity index (χ0v) is 10.9. The normalized spacial score (nSPS) is 10.5. The zero-order valence-electron chi connectivity index (χ0n) is 10.1. The fraction of sp³-hybridized carbons (Fsp3) is 0.500. The summed E-state index contributed by atoms with van der Waals surface area (Å²) in [5.41, 5.74) is 0. The van der Waals surface area contributed by atoms with Crippen molar-refractivity contribution in [2.75, 3.05) is 19.0 Å². The minimum atomic E-state index is 0.375. The number of hydrogen-bond acceptors (Lipinski definition) is 6. The Morgan fingerprint density at radius 1 is 1.47 bits per heavy atom. The van der Waals surface area contributed by atoms with Crippen molar-refractivity contribution in [3.63, 3.8) is 0 Å². The minimum absolute atomic E-state index is 0.375. The molecule has 2 rings (SSSR count). The van der Waals surface area contributed by atoms with Crippen LogP contribution in [0, 0.1) is 0 Å². The molecule has 0 saturated heterocycles. The lowest BCUT2D eigenvalue weighted by Crippen LogP contribution is -2.08. The van der Waals surface area contributed by atoms with Gasteiger partial charge in [0.15, 0.2) is 11.6 Å². The van der Waals surface area contributed by atoms with E-state index in [2.05, 4.69) is 14.5 Å². The van der Waals surface area contributed by atoms with Crippen LogP contribution in [-0.2, 0) is 13.2 Å². The maximum absolute atomic E-state index is 5.55. The first-order chi connectivity index (χ1) is 8.19. The maximum Gasteiger partial charge on any atom is 0.204 e. The fourth-order valence-corrected chi connectivity index (χ4v) is 1.82. The van der Waals surface area contributed by atoms with Gasteiger partial charge in [-0.3, -0.25) is 4.68 Å². The van der Waals surface area contributed by atoms with Gasteiger partial charge in [-0.25, -0.2) is 0 Å². The molecule has 0 fully saturated rings. The Bertz CT molecular complexity index is 479. The molecular weight excluding hydrogens is 238 g/mol. The summed E-state index contributed by atoms with van der Waals surface area (Å²) in [6.45, 7) is 3.24. The molecule has 0 aromatic carbocycles. The number of hydrogen-bond donors (Lipinski definition) is 0. The van der Waals surface area contributed by atoms with Gasteiger partial charge in [-0.15, -0.1) is 0 Å². The van der Waals surface area contributed by atoms with E-state index in [9.17, 15) is 0 Å². The lowest BCUT2D eigenvalue weighted by atomic mass is 10.6. The molecule has 6 nitrogen and oxygen atoms in total. The van der Waals surface area contributed by atoms with Crippen LogP contribution in [-0.4, -0.2) is 33.2 Å². The molecule has 0 bridgehead atoms. The highest BCUT2D eigenvalue weighted by molar-refractivity contribution is 7.09. The molecule has 0 aliphatic carbocycles. The molecule has 0 atom stereocenters. The molecule has 92 valence electrons. The van der Waals surface area contributed by atoms with Gasteiger partial charge in [0.05, 0.1) is 12.4 Å². The quantitative estimate of drug-likeness (QED) is 0.806. The first kappa shape index (κ1) is 11.8. The summed E-state index contributed by atoms with van der Waals surface area (Å²) in [5, 5.41) is 5.01. The fourth-order valence-electron chi connectivity index (χ4n) is 1.22. The average molecular weight is 253 g/mol. The molecule has 7 heteroatoms. The van der Waals surface area contributed by atoms with Crippen LogP contribution in [0.25, 0.3) is 0 Å². The molecule has 0 radical (unpaired) electrons. The third-order valence-corrected chi connectivity index (χ3v) is 3.06. The maximum atomic E-state index is 5.55. The zero-order chi connectivity index (χ0) is 12.3. The Morgan fingerprint density at radius 2 is 2.29 bits per heavy atom. The first-order valence-electron chi connectivity index (χ1n) is 5.34. The lowest BCUT2D eigenvalue weighted by Gasteiger charge is -2.04. The Hall–Kier alpha value is -1.63. The SMILES string of the molecule is CCn1cc(OCc2nsc(N(C)C)n2)cn1. The monoisotopic (exact) mass is 253 g/mol. The van der Waals surface area contributed by atoms with Crippen LogP contribution < -0.4 is 9.64 Å². The highest BCUT2D eigenvalue weighted by Gasteiger charge is 2.06. The third-order valence-electron chi connectivity index (χ3n) is 2.14. The molecule has 0 amide bonds. The van der Waals surface area contributed by atoms with E-state index in [4.69, 9.17) is 4.74 Å². The summed E-state index contributed by atoms with van der Waals surface area (Å²) in [6, 6.07) is 0. The largest absolute Gasteiger partial charge is 0.482 e. The number of aryl methyl sites for hydroxylation is 1. The van der Waals surface area contributed by atoms with E-state index in [1.165, 1.54) is 11.5 Å². The van der Waals surface area contributed by atoms with E-state index in [1.807, 2.05) is 36.8 Å². The van der Waals surface area contributed by atoms with Crippen molar-refractivity contribution in [2.45, 2.75) is 20.1 Å². The Balaban J connectivity index is 1.92. The molecule has 0 aliphatic heterocycles. The van der Waals surface area contributed by atoms with Gasteiger partial charge in [0.25, 0.3) is 0 Å². The van der Waals surface area contributed by atoms with E-state index in [0.717, 1.165) is 17.4 Å². The van der Waals surface area contributed by atoms with E-state index in [-0.39, 0.29) is 0 Å². The van der Waals surface area contributed by atoms with Gasteiger partial charge in [-0.2, -0.15) is 14.5 Å². The van der Waals surface area contributed by atoms with Crippen LogP contribution in [0.4, 0.5) is 5.13 Å². The molecule has 17 heavy (non-hydrogen) atoms. The number of aromatic nitrogens is 4. The summed E-state index contributed by atoms with van der Waals surface area (Å²) in [7, 11) is 3.88. The van der Waals surface area contributed by atoms with Crippen LogP contribution in [0.1, 0.15) is 12.7 Å². The molecule has 2 heterocycles. The van der Waals surface area contributed by atoms with Crippen molar-refractivity contribution in [1.82, 2.24) is 19.1 Å². The molecular formula is C10H15N5OS. The highest BCUT2D eigenvalue weighted by atomic mass is 32.1. The van der Waals surface area contributed by atoms with Crippen LogP contribution >= 0.6 is 11.5 Å². The molecule has 0 saturated carbocycles. The van der Waals surface area contributed by atoms with Crippen molar-refractivity contribution >= 4 is 16.7 Å². The van der Waals surface area contributed by atoms with E-state index in [0.29, 0.717) is 12.4 Å². The van der Waals surface area contributed by atoms with Crippen molar-refractivity contribution in [1.29, 1.82) is 0 Å². The summed E-state index contributed by atoms with van der Waals surface area (Å²) in [5.74, 6) is 1.44. The number of rotatable bonds is 5. The van der Waals surface area contributed by atoms with Crippen molar-refractivity contribution < 1.29 is 4.74 Å². The predicted octanol–water partition coefficient (Wildman–Crippen LogP) is 1.40. The summed E-state index contributed by atoms with van der Waals surface area (Å²) in [6.07, 6.45) is 3.56. The first-order valence-corrected chi connectivity index (χ1v) is 6.11. The van der Waals surface area contributed by atoms with Crippen molar-refractivity contribution in [3.05, 3.63) is 18.2 Å². The lowest BCUT2D eigenvalue weighted by molar-refractivity contribution is 0.297. The van der Waals surface area contributed by atoms with Crippen molar-refractivity contribution in [2.24, 2.45) is 0 Å². The molecule has 0 aliphatic rings. The molecule has 0 N–H and O–H groups in total. The Morgan fingerprint density at radius 3 is 2.88 bits per heavy atom. The average Bonchev–Trinajstić information content (AvgIpc) is 2.95.